The SMILES string of the molecule is CC=C(C)N=C(C)N. The summed E-state index contributed by atoms with van der Waals surface area (Å²) in [6.45, 7) is 5.62. The molecule has 0 aliphatic carbocycles. The topological polar surface area (TPSA) is 38.4 Å². The summed E-state index contributed by atoms with van der Waals surface area (Å²) < 4.78 is 0. The van der Waals surface area contributed by atoms with Gasteiger partial charge in [0.05, 0.1) is 5.84 Å². The minimum atomic E-state index is 0.612. The van der Waals surface area contributed by atoms with Crippen molar-refractivity contribution < 1.29 is 0 Å². The molecule has 0 rings (SSSR count). The van der Waals surface area contributed by atoms with Crippen LogP contribution in [0.1, 0.15) is 20.8 Å². The van der Waals surface area contributed by atoms with Crippen LogP contribution in [0.2, 0.25) is 0 Å². The van der Waals surface area contributed by atoms with Crippen molar-refractivity contribution in [3.05, 3.63) is 11.8 Å². The molecule has 0 amide bonds. The van der Waals surface area contributed by atoms with E-state index in [1.54, 1.807) is 6.92 Å². The third-order valence-corrected chi connectivity index (χ3v) is 0.770. The average Bonchev–Trinajstić information content (AvgIpc) is 1.65. The summed E-state index contributed by atoms with van der Waals surface area (Å²) in [4.78, 5) is 3.95. The number of amidine groups is 1. The van der Waals surface area contributed by atoms with E-state index >= 15 is 0 Å². The molecule has 0 spiro atoms. The van der Waals surface area contributed by atoms with Crippen LogP contribution in [-0.4, -0.2) is 5.84 Å². The van der Waals surface area contributed by atoms with E-state index in [0.717, 1.165) is 5.70 Å². The molecule has 0 aromatic rings. The number of allylic oxidation sites excluding steroid dienone is 2. The Morgan fingerprint density at radius 2 is 2.00 bits per heavy atom. The second kappa shape index (κ2) is 3.24. The molecule has 0 saturated carbocycles. The van der Waals surface area contributed by atoms with Crippen molar-refractivity contribution >= 4 is 5.84 Å². The van der Waals surface area contributed by atoms with E-state index in [-0.39, 0.29) is 0 Å². The van der Waals surface area contributed by atoms with E-state index in [1.165, 1.54) is 0 Å². The van der Waals surface area contributed by atoms with E-state index < -0.39 is 0 Å². The maximum absolute atomic E-state index is 5.28. The van der Waals surface area contributed by atoms with Crippen molar-refractivity contribution in [2.75, 3.05) is 0 Å². The van der Waals surface area contributed by atoms with Gasteiger partial charge in [0, 0.05) is 5.70 Å². The van der Waals surface area contributed by atoms with Crippen molar-refractivity contribution in [1.82, 2.24) is 0 Å². The predicted molar refractivity (Wildman–Crippen MR) is 36.7 cm³/mol. The van der Waals surface area contributed by atoms with Gasteiger partial charge in [-0.2, -0.15) is 0 Å². The van der Waals surface area contributed by atoms with Crippen LogP contribution in [0.3, 0.4) is 0 Å². The molecule has 0 aromatic carbocycles. The number of nitrogens with two attached hydrogens (primary N) is 1. The summed E-state index contributed by atoms with van der Waals surface area (Å²) in [5, 5.41) is 0. The first-order valence-corrected chi connectivity index (χ1v) is 2.60. The van der Waals surface area contributed by atoms with Gasteiger partial charge >= 0.3 is 0 Å². The van der Waals surface area contributed by atoms with Gasteiger partial charge in [-0.15, -0.1) is 0 Å². The normalized spacial score (nSPS) is 14.4. The second-order valence-electron chi connectivity index (χ2n) is 1.68. The molecule has 0 bridgehead atoms. The summed E-state index contributed by atoms with van der Waals surface area (Å²) in [6, 6.07) is 0. The zero-order valence-corrected chi connectivity index (χ0v) is 5.60. The van der Waals surface area contributed by atoms with Gasteiger partial charge < -0.3 is 5.73 Å². The van der Waals surface area contributed by atoms with Crippen LogP contribution in [-0.2, 0) is 0 Å². The van der Waals surface area contributed by atoms with Gasteiger partial charge in [-0.05, 0) is 20.8 Å². The summed E-state index contributed by atoms with van der Waals surface area (Å²) in [7, 11) is 0. The van der Waals surface area contributed by atoms with Gasteiger partial charge in [0.15, 0.2) is 0 Å². The first-order chi connectivity index (χ1) is 3.66. The minimum Gasteiger partial charge on any atom is -0.387 e. The van der Waals surface area contributed by atoms with Gasteiger partial charge in [-0.3, -0.25) is 0 Å². The molecule has 0 aromatic heterocycles. The third kappa shape index (κ3) is 3.40. The highest BCUT2D eigenvalue weighted by atomic mass is 14.8. The van der Waals surface area contributed by atoms with E-state index in [4.69, 9.17) is 5.73 Å². The maximum atomic E-state index is 5.28. The zero-order valence-electron chi connectivity index (χ0n) is 5.60. The lowest BCUT2D eigenvalue weighted by Gasteiger charge is -1.89. The van der Waals surface area contributed by atoms with Gasteiger partial charge in [-0.1, -0.05) is 6.08 Å². The molecular formula is C6H12N2. The van der Waals surface area contributed by atoms with Crippen molar-refractivity contribution in [2.45, 2.75) is 20.8 Å². The molecule has 0 unspecified atom stereocenters. The third-order valence-electron chi connectivity index (χ3n) is 0.770. The number of nitrogens with zero attached hydrogens (tertiary/aromatic N) is 1. The molecule has 0 fully saturated rings. The first kappa shape index (κ1) is 7.21. The first-order valence-electron chi connectivity index (χ1n) is 2.60. The highest BCUT2D eigenvalue weighted by Gasteiger charge is 1.78. The molecule has 0 heterocycles. The fourth-order valence-corrected chi connectivity index (χ4v) is 0.343. The summed E-state index contributed by atoms with van der Waals surface area (Å²) in [5.74, 6) is 0.612. The fraction of sp³-hybridized carbons (Fsp3) is 0.500. The van der Waals surface area contributed by atoms with Crippen molar-refractivity contribution in [3.63, 3.8) is 0 Å². The van der Waals surface area contributed by atoms with Crippen molar-refractivity contribution in [1.29, 1.82) is 0 Å². The largest absolute Gasteiger partial charge is 0.387 e. The van der Waals surface area contributed by atoms with Crippen LogP contribution >= 0.6 is 0 Å². The van der Waals surface area contributed by atoms with Gasteiger partial charge in [0.2, 0.25) is 0 Å². The number of hydrogen-bond donors (Lipinski definition) is 1. The van der Waals surface area contributed by atoms with E-state index in [9.17, 15) is 0 Å². The molecule has 2 nitrogen and oxygen atoms in total. The Hall–Kier alpha value is -0.790. The Balaban J connectivity index is 3.89. The smallest absolute Gasteiger partial charge is 0.0960 e. The molecule has 2 heteroatoms. The monoisotopic (exact) mass is 112 g/mol. The Bertz CT molecular complexity index is 118. The molecule has 0 aliphatic rings. The lowest BCUT2D eigenvalue weighted by atomic mass is 10.5. The van der Waals surface area contributed by atoms with Gasteiger partial charge in [-0.25, -0.2) is 4.99 Å². The van der Waals surface area contributed by atoms with E-state index in [1.807, 2.05) is 19.9 Å². The number of aliphatic imine (C=N–C) groups is 1. The standard InChI is InChI=1S/C6H12N2/c1-4-5(2)8-6(3)7/h4H,1-3H3,(H2,7,8). The zero-order chi connectivity index (χ0) is 6.57. The number of hydrogen-bond acceptors (Lipinski definition) is 1. The molecule has 0 atom stereocenters. The molecular weight excluding hydrogens is 100 g/mol. The quantitative estimate of drug-likeness (QED) is 0.403. The summed E-state index contributed by atoms with van der Waals surface area (Å²) in [6.07, 6.45) is 1.91. The highest BCUT2D eigenvalue weighted by molar-refractivity contribution is 5.78. The summed E-state index contributed by atoms with van der Waals surface area (Å²) in [5.41, 5.74) is 6.24. The van der Waals surface area contributed by atoms with Gasteiger partial charge in [0.25, 0.3) is 0 Å². The molecule has 2 N–H and O–H groups in total. The molecule has 0 radical (unpaired) electrons. The van der Waals surface area contributed by atoms with Crippen LogP contribution in [0, 0.1) is 0 Å². The molecule has 46 valence electrons. The van der Waals surface area contributed by atoms with Crippen molar-refractivity contribution in [3.8, 4) is 0 Å². The van der Waals surface area contributed by atoms with Crippen LogP contribution in [0.25, 0.3) is 0 Å². The maximum Gasteiger partial charge on any atom is 0.0960 e. The Kier molecular flexibility index (Phi) is 2.92. The van der Waals surface area contributed by atoms with Crippen LogP contribution in [0.5, 0.6) is 0 Å². The van der Waals surface area contributed by atoms with E-state index in [0.29, 0.717) is 5.84 Å². The fourth-order valence-electron chi connectivity index (χ4n) is 0.343. The lowest BCUT2D eigenvalue weighted by molar-refractivity contribution is 1.26. The Labute approximate surface area is 50.1 Å². The number of rotatable bonds is 1. The average molecular weight is 112 g/mol. The Morgan fingerprint density at radius 3 is 2.12 bits per heavy atom. The molecule has 8 heavy (non-hydrogen) atoms. The Morgan fingerprint density at radius 1 is 1.50 bits per heavy atom. The van der Waals surface area contributed by atoms with Crippen LogP contribution in [0.15, 0.2) is 16.8 Å². The second-order valence-corrected chi connectivity index (χ2v) is 1.68. The van der Waals surface area contributed by atoms with Gasteiger partial charge in [0.1, 0.15) is 0 Å². The summed E-state index contributed by atoms with van der Waals surface area (Å²) >= 11 is 0. The predicted octanol–water partition coefficient (Wildman–Crippen LogP) is 1.29. The highest BCUT2D eigenvalue weighted by Crippen LogP contribution is 1.91. The van der Waals surface area contributed by atoms with Crippen LogP contribution < -0.4 is 5.73 Å². The van der Waals surface area contributed by atoms with Crippen LogP contribution in [0.4, 0.5) is 0 Å². The molecule has 0 saturated heterocycles. The molecule has 0 aliphatic heterocycles. The lowest BCUT2D eigenvalue weighted by Crippen LogP contribution is -2.04. The van der Waals surface area contributed by atoms with E-state index in [2.05, 4.69) is 4.99 Å². The minimum absolute atomic E-state index is 0.612. The van der Waals surface area contributed by atoms with Crippen molar-refractivity contribution in [2.24, 2.45) is 10.7 Å².